The molecule has 4 heteroatoms. The lowest BCUT2D eigenvalue weighted by molar-refractivity contribution is 0.0394. The first kappa shape index (κ1) is 17.5. The minimum Gasteiger partial charge on any atom is -0.392 e. The molecule has 0 bridgehead atoms. The SMILES string of the molecule is Cc1cccc2c1CC(N1CCN(c3ccccc3CO)CC1)C(O)C2. The molecule has 0 amide bonds. The number of piperazine rings is 1. The Balaban J connectivity index is 1.46. The van der Waals surface area contributed by atoms with Crippen LogP contribution in [0.4, 0.5) is 5.69 Å². The number of nitrogens with zero attached hydrogens (tertiary/aromatic N) is 2. The molecule has 2 unspecified atom stereocenters. The fourth-order valence-electron chi connectivity index (χ4n) is 4.57. The van der Waals surface area contributed by atoms with Crippen LogP contribution in [-0.2, 0) is 19.4 Å². The Labute approximate surface area is 155 Å². The van der Waals surface area contributed by atoms with Crippen molar-refractivity contribution in [2.45, 2.75) is 38.5 Å². The Morgan fingerprint density at radius 3 is 2.50 bits per heavy atom. The van der Waals surface area contributed by atoms with Crippen molar-refractivity contribution in [2.24, 2.45) is 0 Å². The number of aliphatic hydroxyl groups is 2. The van der Waals surface area contributed by atoms with Crippen LogP contribution in [0, 0.1) is 6.92 Å². The number of hydrogen-bond acceptors (Lipinski definition) is 4. The second-order valence-corrected chi connectivity index (χ2v) is 7.57. The molecule has 2 atom stereocenters. The first-order valence-corrected chi connectivity index (χ1v) is 9.60. The summed E-state index contributed by atoms with van der Waals surface area (Å²) < 4.78 is 0. The molecular formula is C22H28N2O2. The normalized spacial score (nSPS) is 23.7. The smallest absolute Gasteiger partial charge is 0.0739 e. The minimum absolute atomic E-state index is 0.0772. The van der Waals surface area contributed by atoms with Crippen LogP contribution in [0.15, 0.2) is 42.5 Å². The molecule has 0 radical (unpaired) electrons. The Hall–Kier alpha value is -1.88. The van der Waals surface area contributed by atoms with Gasteiger partial charge in [-0.2, -0.15) is 0 Å². The highest BCUT2D eigenvalue weighted by atomic mass is 16.3. The van der Waals surface area contributed by atoms with E-state index in [0.717, 1.165) is 50.3 Å². The van der Waals surface area contributed by atoms with E-state index in [1.54, 1.807) is 0 Å². The number of rotatable bonds is 3. The number of aliphatic hydroxyl groups excluding tert-OH is 2. The summed E-state index contributed by atoms with van der Waals surface area (Å²) in [6, 6.07) is 14.7. The van der Waals surface area contributed by atoms with Gasteiger partial charge in [0.1, 0.15) is 0 Å². The third-order valence-corrected chi connectivity index (χ3v) is 6.08. The maximum Gasteiger partial charge on any atom is 0.0739 e. The Bertz CT molecular complexity index is 768. The van der Waals surface area contributed by atoms with Crippen molar-refractivity contribution in [2.75, 3.05) is 31.1 Å². The molecule has 4 nitrogen and oxygen atoms in total. The maximum atomic E-state index is 10.7. The molecule has 2 aromatic rings. The molecule has 1 fully saturated rings. The number of anilines is 1. The number of fused-ring (bicyclic) bond motifs is 1. The van der Waals surface area contributed by atoms with Crippen LogP contribution in [0.2, 0.25) is 0 Å². The monoisotopic (exact) mass is 352 g/mol. The Kier molecular flexibility index (Phi) is 4.98. The van der Waals surface area contributed by atoms with Crippen molar-refractivity contribution >= 4 is 5.69 Å². The van der Waals surface area contributed by atoms with Gasteiger partial charge in [-0.25, -0.2) is 0 Å². The predicted molar refractivity (Wildman–Crippen MR) is 105 cm³/mol. The molecule has 1 saturated heterocycles. The van der Waals surface area contributed by atoms with Gasteiger partial charge in [0.05, 0.1) is 12.7 Å². The van der Waals surface area contributed by atoms with Crippen LogP contribution in [0.1, 0.15) is 22.3 Å². The van der Waals surface area contributed by atoms with Gasteiger partial charge in [0.2, 0.25) is 0 Å². The first-order valence-electron chi connectivity index (χ1n) is 9.60. The summed E-state index contributed by atoms with van der Waals surface area (Å²) in [6.07, 6.45) is 1.41. The summed E-state index contributed by atoms with van der Waals surface area (Å²) in [5.74, 6) is 0. The van der Waals surface area contributed by atoms with Gasteiger partial charge < -0.3 is 15.1 Å². The fraction of sp³-hybridized carbons (Fsp3) is 0.455. The zero-order valence-corrected chi connectivity index (χ0v) is 15.4. The van der Waals surface area contributed by atoms with Crippen LogP contribution in [0.25, 0.3) is 0 Å². The van der Waals surface area contributed by atoms with Crippen LogP contribution in [0.3, 0.4) is 0 Å². The van der Waals surface area contributed by atoms with Gasteiger partial charge in [-0.3, -0.25) is 4.90 Å². The zero-order valence-electron chi connectivity index (χ0n) is 15.4. The Morgan fingerprint density at radius 2 is 1.73 bits per heavy atom. The lowest BCUT2D eigenvalue weighted by atomic mass is 9.83. The maximum absolute atomic E-state index is 10.7. The standard InChI is InChI=1S/C22H28N2O2/c1-16-5-4-7-17-13-22(26)21(14-19(16)17)24-11-9-23(10-12-24)20-8-3-2-6-18(20)15-25/h2-8,21-22,25-26H,9-15H2,1H3. The van der Waals surface area contributed by atoms with Crippen molar-refractivity contribution in [3.05, 3.63) is 64.7 Å². The molecule has 2 aliphatic rings. The van der Waals surface area contributed by atoms with Gasteiger partial charge in [0.25, 0.3) is 0 Å². The number of hydrogen-bond donors (Lipinski definition) is 2. The minimum atomic E-state index is -0.291. The number of aryl methyl sites for hydroxylation is 1. The highest BCUT2D eigenvalue weighted by Gasteiger charge is 2.34. The van der Waals surface area contributed by atoms with Gasteiger partial charge >= 0.3 is 0 Å². The van der Waals surface area contributed by atoms with E-state index in [4.69, 9.17) is 0 Å². The van der Waals surface area contributed by atoms with E-state index >= 15 is 0 Å². The van der Waals surface area contributed by atoms with Crippen molar-refractivity contribution in [1.29, 1.82) is 0 Å². The van der Waals surface area contributed by atoms with E-state index in [1.165, 1.54) is 16.7 Å². The van der Waals surface area contributed by atoms with Gasteiger partial charge in [-0.05, 0) is 36.1 Å². The molecular weight excluding hydrogens is 324 g/mol. The van der Waals surface area contributed by atoms with Crippen molar-refractivity contribution < 1.29 is 10.2 Å². The molecule has 1 aliphatic carbocycles. The van der Waals surface area contributed by atoms with Crippen LogP contribution in [0.5, 0.6) is 0 Å². The summed E-state index contributed by atoms with van der Waals surface area (Å²) in [7, 11) is 0. The van der Waals surface area contributed by atoms with Gasteiger partial charge in [0, 0.05) is 49.9 Å². The zero-order chi connectivity index (χ0) is 18.1. The van der Waals surface area contributed by atoms with E-state index in [9.17, 15) is 10.2 Å². The van der Waals surface area contributed by atoms with E-state index < -0.39 is 0 Å². The summed E-state index contributed by atoms with van der Waals surface area (Å²) in [6.45, 7) is 6.01. The molecule has 0 spiro atoms. The van der Waals surface area contributed by atoms with Crippen LogP contribution in [-0.4, -0.2) is 53.4 Å². The highest BCUT2D eigenvalue weighted by Crippen LogP contribution is 2.29. The lowest BCUT2D eigenvalue weighted by Crippen LogP contribution is -2.56. The molecule has 0 saturated carbocycles. The van der Waals surface area contributed by atoms with Gasteiger partial charge in [0.15, 0.2) is 0 Å². The molecule has 2 aromatic carbocycles. The van der Waals surface area contributed by atoms with E-state index in [0.29, 0.717) is 0 Å². The molecule has 4 rings (SSSR count). The van der Waals surface area contributed by atoms with Crippen LogP contribution < -0.4 is 4.90 Å². The molecule has 26 heavy (non-hydrogen) atoms. The lowest BCUT2D eigenvalue weighted by Gasteiger charge is -2.44. The largest absolute Gasteiger partial charge is 0.392 e. The molecule has 1 aliphatic heterocycles. The average molecular weight is 352 g/mol. The summed E-state index contributed by atoms with van der Waals surface area (Å²) >= 11 is 0. The second-order valence-electron chi connectivity index (χ2n) is 7.57. The number of benzene rings is 2. The van der Waals surface area contributed by atoms with Crippen molar-refractivity contribution in [3.8, 4) is 0 Å². The highest BCUT2D eigenvalue weighted by molar-refractivity contribution is 5.53. The van der Waals surface area contributed by atoms with Gasteiger partial charge in [-0.1, -0.05) is 36.4 Å². The van der Waals surface area contributed by atoms with Crippen LogP contribution >= 0.6 is 0 Å². The third-order valence-electron chi connectivity index (χ3n) is 6.08. The predicted octanol–water partition coefficient (Wildman–Crippen LogP) is 2.14. The first-order chi connectivity index (χ1) is 12.7. The molecule has 2 N–H and O–H groups in total. The second kappa shape index (κ2) is 7.39. The van der Waals surface area contributed by atoms with E-state index in [2.05, 4.69) is 41.0 Å². The summed E-state index contributed by atoms with van der Waals surface area (Å²) in [4.78, 5) is 4.81. The van der Waals surface area contributed by atoms with E-state index in [-0.39, 0.29) is 18.8 Å². The topological polar surface area (TPSA) is 46.9 Å². The Morgan fingerprint density at radius 1 is 0.962 bits per heavy atom. The van der Waals surface area contributed by atoms with Gasteiger partial charge in [-0.15, -0.1) is 0 Å². The van der Waals surface area contributed by atoms with E-state index in [1.807, 2.05) is 18.2 Å². The van der Waals surface area contributed by atoms with Crippen molar-refractivity contribution in [3.63, 3.8) is 0 Å². The molecule has 1 heterocycles. The van der Waals surface area contributed by atoms with Crippen molar-refractivity contribution in [1.82, 2.24) is 4.90 Å². The molecule has 138 valence electrons. The fourth-order valence-corrected chi connectivity index (χ4v) is 4.57. The third kappa shape index (κ3) is 3.25. The summed E-state index contributed by atoms with van der Waals surface area (Å²) in [5, 5.41) is 20.3. The quantitative estimate of drug-likeness (QED) is 0.889. The number of para-hydroxylation sites is 1. The summed E-state index contributed by atoms with van der Waals surface area (Å²) in [5.41, 5.74) is 6.21. The average Bonchev–Trinajstić information content (AvgIpc) is 2.68. The molecule has 0 aromatic heterocycles.